The van der Waals surface area contributed by atoms with Gasteiger partial charge >= 0.3 is 5.97 Å². The zero-order chi connectivity index (χ0) is 49.6. The first kappa shape index (κ1) is 64.4. The molecule has 0 radical (unpaired) electrons. The molecule has 0 aliphatic carbocycles. The molecule has 11 nitrogen and oxygen atoms in total. The molecule has 0 spiro atoms. The molecule has 1 heterocycles. The number of aliphatic hydroxyl groups excluding tert-OH is 5. The van der Waals surface area contributed by atoms with Gasteiger partial charge in [-0.3, -0.25) is 9.59 Å². The Labute approximate surface area is 417 Å². The summed E-state index contributed by atoms with van der Waals surface area (Å²) in [4.78, 5) is 25.1. The van der Waals surface area contributed by atoms with Gasteiger partial charge in [0, 0.05) is 12.8 Å². The second kappa shape index (κ2) is 47.7. The lowest BCUT2D eigenvalue weighted by Crippen LogP contribution is -2.60. The summed E-state index contributed by atoms with van der Waals surface area (Å²) in [5, 5.41) is 54.4. The summed E-state index contributed by atoms with van der Waals surface area (Å²) in [7, 11) is 0. The van der Waals surface area contributed by atoms with Gasteiger partial charge in [0.1, 0.15) is 24.4 Å². The van der Waals surface area contributed by atoms with E-state index >= 15 is 0 Å². The highest BCUT2D eigenvalue weighted by molar-refractivity contribution is 5.76. The van der Waals surface area contributed by atoms with Gasteiger partial charge in [-0.15, -0.1) is 0 Å². The van der Waals surface area contributed by atoms with E-state index in [4.69, 9.17) is 14.2 Å². The summed E-state index contributed by atoms with van der Waals surface area (Å²) in [6.45, 7) is 4.32. The molecular weight excluding hydrogens is 859 g/mol. The van der Waals surface area contributed by atoms with Crippen molar-refractivity contribution in [1.29, 1.82) is 0 Å². The van der Waals surface area contributed by atoms with E-state index < -0.39 is 49.5 Å². The number of rotatable bonds is 50. The molecule has 1 saturated heterocycles. The third kappa shape index (κ3) is 37.2. The third-order valence-electron chi connectivity index (χ3n) is 13.9. The average Bonchev–Trinajstić information content (AvgIpc) is 3.33. The molecule has 0 saturated carbocycles. The number of allylic oxidation sites excluding steroid dienone is 1. The lowest BCUT2D eigenvalue weighted by Gasteiger charge is -2.40. The van der Waals surface area contributed by atoms with E-state index in [1.54, 1.807) is 6.08 Å². The van der Waals surface area contributed by atoms with Gasteiger partial charge in [-0.2, -0.15) is 0 Å². The fourth-order valence-electron chi connectivity index (χ4n) is 9.26. The van der Waals surface area contributed by atoms with Crippen LogP contribution in [0.25, 0.3) is 0 Å². The number of nitrogens with one attached hydrogen (secondary N) is 1. The maximum absolute atomic E-state index is 13.0. The molecule has 11 heteroatoms. The lowest BCUT2D eigenvalue weighted by atomic mass is 9.99. The van der Waals surface area contributed by atoms with E-state index in [1.807, 2.05) is 6.08 Å². The minimum Gasteiger partial charge on any atom is -0.466 e. The van der Waals surface area contributed by atoms with E-state index in [0.717, 1.165) is 70.6 Å². The number of unbranched alkanes of at least 4 members (excludes halogenated alkanes) is 36. The standard InChI is InChI=1S/C57H109NO10/c1-3-5-7-9-11-13-15-16-17-20-24-27-31-35-39-43-50(60)49(48-67-57-56(65)55(64)54(63)51(47-59)68-57)58-52(61)44-40-36-32-28-25-21-18-19-22-26-30-34-38-42-46-66-53(62)45-41-37-33-29-23-14-12-10-8-6-4-2/h39,43,49-51,54-57,59-60,63-65H,3-38,40-42,44-48H2,1-2H3,(H,58,61)/b43-39+. The number of carbonyl (C=O) groups excluding carboxylic acids is 2. The zero-order valence-corrected chi connectivity index (χ0v) is 44.1. The van der Waals surface area contributed by atoms with Gasteiger partial charge in [-0.25, -0.2) is 0 Å². The van der Waals surface area contributed by atoms with Crippen molar-refractivity contribution in [2.24, 2.45) is 0 Å². The quantitative estimate of drug-likeness (QED) is 0.0196. The first-order valence-electron chi connectivity index (χ1n) is 29.0. The molecule has 6 N–H and O–H groups in total. The Bertz CT molecular complexity index is 1140. The van der Waals surface area contributed by atoms with Gasteiger partial charge in [0.2, 0.25) is 5.91 Å². The molecule has 68 heavy (non-hydrogen) atoms. The number of hydrogen-bond donors (Lipinski definition) is 6. The Morgan fingerprint density at radius 1 is 0.529 bits per heavy atom. The van der Waals surface area contributed by atoms with Gasteiger partial charge in [-0.05, 0) is 32.1 Å². The van der Waals surface area contributed by atoms with E-state index in [0.29, 0.717) is 19.4 Å². The number of ether oxygens (including phenoxy) is 3. The molecule has 1 aliphatic heterocycles. The van der Waals surface area contributed by atoms with Crippen LogP contribution in [0, 0.1) is 0 Å². The van der Waals surface area contributed by atoms with E-state index in [9.17, 15) is 35.1 Å². The molecule has 0 aromatic rings. The summed E-state index contributed by atoms with van der Waals surface area (Å²) in [6, 6.07) is -0.817. The SMILES string of the molecule is CCCCCCCCCCCCCCC/C=C/C(O)C(COC1OC(CO)C(O)C(O)C1O)NC(=O)CCCCCCCCCCCCCCCCOC(=O)CCCCCCCCCCCCC. The summed E-state index contributed by atoms with van der Waals surface area (Å²) in [5.74, 6) is -0.213. The van der Waals surface area contributed by atoms with Crippen LogP contribution in [0.1, 0.15) is 277 Å². The van der Waals surface area contributed by atoms with Crippen molar-refractivity contribution in [1.82, 2.24) is 5.32 Å². The smallest absolute Gasteiger partial charge is 0.305 e. The number of carbonyl (C=O) groups is 2. The average molecular weight is 968 g/mol. The Morgan fingerprint density at radius 3 is 1.37 bits per heavy atom. The highest BCUT2D eigenvalue weighted by Gasteiger charge is 2.44. The van der Waals surface area contributed by atoms with Crippen molar-refractivity contribution in [3.63, 3.8) is 0 Å². The van der Waals surface area contributed by atoms with Crippen LogP contribution in [-0.2, 0) is 23.8 Å². The fraction of sp³-hybridized carbons (Fsp3) is 0.930. The van der Waals surface area contributed by atoms with Gasteiger partial charge in [-0.1, -0.05) is 244 Å². The Balaban J connectivity index is 2.16. The summed E-state index contributed by atoms with van der Waals surface area (Å²) < 4.78 is 16.7. The lowest BCUT2D eigenvalue weighted by molar-refractivity contribution is -0.302. The van der Waals surface area contributed by atoms with Crippen LogP contribution in [0.3, 0.4) is 0 Å². The maximum atomic E-state index is 13.0. The van der Waals surface area contributed by atoms with Gasteiger partial charge in [0.15, 0.2) is 6.29 Å². The molecule has 0 aromatic carbocycles. The predicted molar refractivity (Wildman–Crippen MR) is 278 cm³/mol. The van der Waals surface area contributed by atoms with E-state index in [1.165, 1.54) is 180 Å². The normalized spacial score (nSPS) is 19.4. The van der Waals surface area contributed by atoms with Crippen molar-refractivity contribution >= 4 is 11.9 Å². The van der Waals surface area contributed by atoms with Crippen molar-refractivity contribution < 1.29 is 49.3 Å². The second-order valence-corrected chi connectivity index (χ2v) is 20.4. The van der Waals surface area contributed by atoms with Crippen LogP contribution in [0.5, 0.6) is 0 Å². The number of aliphatic hydroxyl groups is 5. The predicted octanol–water partition coefficient (Wildman–Crippen LogP) is 12.8. The van der Waals surface area contributed by atoms with Crippen LogP contribution >= 0.6 is 0 Å². The second-order valence-electron chi connectivity index (χ2n) is 20.4. The van der Waals surface area contributed by atoms with Crippen LogP contribution in [-0.4, -0.2) is 100 Å². The Morgan fingerprint density at radius 2 is 0.926 bits per heavy atom. The summed E-state index contributed by atoms with van der Waals surface area (Å²) in [5.41, 5.74) is 0. The summed E-state index contributed by atoms with van der Waals surface area (Å²) in [6.07, 6.45) is 44.2. The molecule has 1 rings (SSSR count). The molecular formula is C57H109NO10. The minimum absolute atomic E-state index is 0.0225. The monoisotopic (exact) mass is 968 g/mol. The first-order valence-corrected chi connectivity index (χ1v) is 29.0. The first-order chi connectivity index (χ1) is 33.2. The van der Waals surface area contributed by atoms with Crippen LogP contribution in [0.15, 0.2) is 12.2 Å². The minimum atomic E-state index is -1.57. The van der Waals surface area contributed by atoms with Gasteiger partial charge < -0.3 is 45.1 Å². The topological polar surface area (TPSA) is 175 Å². The third-order valence-corrected chi connectivity index (χ3v) is 13.9. The number of esters is 1. The Kier molecular flexibility index (Phi) is 45.2. The highest BCUT2D eigenvalue weighted by atomic mass is 16.7. The van der Waals surface area contributed by atoms with E-state index in [2.05, 4.69) is 19.2 Å². The molecule has 402 valence electrons. The van der Waals surface area contributed by atoms with Crippen molar-refractivity contribution in [3.05, 3.63) is 12.2 Å². The highest BCUT2D eigenvalue weighted by Crippen LogP contribution is 2.23. The van der Waals surface area contributed by atoms with Crippen LogP contribution in [0.2, 0.25) is 0 Å². The van der Waals surface area contributed by atoms with Crippen molar-refractivity contribution in [2.45, 2.75) is 320 Å². The van der Waals surface area contributed by atoms with Gasteiger partial charge in [0.25, 0.3) is 0 Å². The van der Waals surface area contributed by atoms with Crippen molar-refractivity contribution in [2.75, 3.05) is 19.8 Å². The maximum Gasteiger partial charge on any atom is 0.305 e. The fourth-order valence-corrected chi connectivity index (χ4v) is 9.26. The molecule has 7 atom stereocenters. The number of amides is 1. The molecule has 1 aliphatic rings. The molecule has 1 amide bonds. The van der Waals surface area contributed by atoms with E-state index in [-0.39, 0.29) is 18.5 Å². The Hall–Kier alpha value is -1.60. The van der Waals surface area contributed by atoms with Crippen LogP contribution < -0.4 is 5.32 Å². The summed E-state index contributed by atoms with van der Waals surface area (Å²) >= 11 is 0. The zero-order valence-electron chi connectivity index (χ0n) is 44.1. The molecule has 0 bridgehead atoms. The van der Waals surface area contributed by atoms with Gasteiger partial charge in [0.05, 0.1) is 32.0 Å². The number of hydrogen-bond acceptors (Lipinski definition) is 10. The van der Waals surface area contributed by atoms with Crippen molar-refractivity contribution in [3.8, 4) is 0 Å². The molecule has 1 fully saturated rings. The largest absolute Gasteiger partial charge is 0.466 e. The molecule has 0 aromatic heterocycles. The molecule has 7 unspecified atom stereocenters. The van der Waals surface area contributed by atoms with Crippen LogP contribution in [0.4, 0.5) is 0 Å².